The molecule has 0 aliphatic carbocycles. The summed E-state index contributed by atoms with van der Waals surface area (Å²) in [4.78, 5) is 11.4. The lowest BCUT2D eigenvalue weighted by Crippen LogP contribution is -2.01. The maximum atomic E-state index is 11.4. The third kappa shape index (κ3) is 3.61. The van der Waals surface area contributed by atoms with E-state index in [0.717, 1.165) is 23.0 Å². The number of rotatable bonds is 5. The molecule has 0 spiro atoms. The summed E-state index contributed by atoms with van der Waals surface area (Å²) in [7, 11) is 0. The number of phenolic OH excluding ortho intramolecular Hbond substituents is 1. The smallest absolute Gasteiger partial charge is 0.152 e. The number of nitrogens with one attached hydrogen (secondary N) is 1. The molecule has 3 rings (SSSR count). The molecule has 0 saturated carbocycles. The minimum atomic E-state index is 0.148. The highest BCUT2D eigenvalue weighted by molar-refractivity contribution is 5.91. The van der Waals surface area contributed by atoms with Crippen molar-refractivity contribution in [2.75, 3.05) is 5.32 Å². The van der Waals surface area contributed by atoms with Crippen LogP contribution in [0.25, 0.3) is 16.8 Å². The molecule has 2 N–H and O–H groups in total. The zero-order valence-electron chi connectivity index (χ0n) is 14.0. The van der Waals surface area contributed by atoms with E-state index in [1.54, 1.807) is 12.1 Å². The van der Waals surface area contributed by atoms with Crippen LogP contribution in [-0.2, 0) is 0 Å². The van der Waals surface area contributed by atoms with Crippen LogP contribution < -0.4 is 5.32 Å². The standard InChI is InChI=1S/C22H19NO2/c1-15-8-11-22(25)20(12-15)16(2)23-21-13-18(9-10-19(21)14-24)17-6-4-3-5-7-17/h3-14,23,25H,2H2,1H3. The SMILES string of the molecule is C=C(Nc1cc(-c2ccccc2)ccc1C=O)c1cc(C)ccc1O. The molecular weight excluding hydrogens is 310 g/mol. The van der Waals surface area contributed by atoms with E-state index in [1.165, 1.54) is 0 Å². The van der Waals surface area contributed by atoms with E-state index in [9.17, 15) is 9.90 Å². The molecule has 0 radical (unpaired) electrons. The summed E-state index contributed by atoms with van der Waals surface area (Å²) in [5.41, 5.74) is 5.41. The maximum Gasteiger partial charge on any atom is 0.152 e. The van der Waals surface area contributed by atoms with Crippen molar-refractivity contribution in [1.82, 2.24) is 0 Å². The molecule has 0 bridgehead atoms. The van der Waals surface area contributed by atoms with Gasteiger partial charge >= 0.3 is 0 Å². The van der Waals surface area contributed by atoms with Gasteiger partial charge in [0.15, 0.2) is 6.29 Å². The second-order valence-corrected chi connectivity index (χ2v) is 5.91. The zero-order valence-corrected chi connectivity index (χ0v) is 14.0. The Labute approximate surface area is 147 Å². The Bertz CT molecular complexity index is 930. The van der Waals surface area contributed by atoms with Gasteiger partial charge in [-0.1, -0.05) is 54.6 Å². The van der Waals surface area contributed by atoms with Gasteiger partial charge in [-0.15, -0.1) is 0 Å². The molecule has 0 heterocycles. The molecule has 0 aliphatic heterocycles. The van der Waals surface area contributed by atoms with E-state index in [1.807, 2.05) is 61.5 Å². The Morgan fingerprint density at radius 2 is 1.76 bits per heavy atom. The zero-order chi connectivity index (χ0) is 17.8. The topological polar surface area (TPSA) is 49.3 Å². The highest BCUT2D eigenvalue weighted by Gasteiger charge is 2.10. The second-order valence-electron chi connectivity index (χ2n) is 5.91. The molecule has 0 aromatic heterocycles. The summed E-state index contributed by atoms with van der Waals surface area (Å²) < 4.78 is 0. The molecule has 0 aliphatic rings. The number of carbonyl (C=O) groups excluding carboxylic acids is 1. The van der Waals surface area contributed by atoms with Crippen molar-refractivity contribution in [3.8, 4) is 16.9 Å². The van der Waals surface area contributed by atoms with Gasteiger partial charge in [-0.2, -0.15) is 0 Å². The summed E-state index contributed by atoms with van der Waals surface area (Å²) in [5.74, 6) is 0.148. The van der Waals surface area contributed by atoms with Crippen LogP contribution in [0.2, 0.25) is 0 Å². The van der Waals surface area contributed by atoms with Crippen molar-refractivity contribution >= 4 is 17.7 Å². The van der Waals surface area contributed by atoms with Gasteiger partial charge in [0.1, 0.15) is 5.75 Å². The molecule has 3 aromatic rings. The lowest BCUT2D eigenvalue weighted by Gasteiger charge is -2.15. The van der Waals surface area contributed by atoms with Gasteiger partial charge in [-0.3, -0.25) is 4.79 Å². The van der Waals surface area contributed by atoms with E-state index >= 15 is 0 Å². The Balaban J connectivity index is 1.97. The Hall–Kier alpha value is -3.33. The predicted octanol–water partition coefficient (Wildman–Crippen LogP) is 5.26. The first-order valence-corrected chi connectivity index (χ1v) is 7.99. The van der Waals surface area contributed by atoms with Gasteiger partial charge in [0.2, 0.25) is 0 Å². The van der Waals surface area contributed by atoms with E-state index < -0.39 is 0 Å². The first-order chi connectivity index (χ1) is 12.1. The normalized spacial score (nSPS) is 10.3. The molecule has 25 heavy (non-hydrogen) atoms. The van der Waals surface area contributed by atoms with Crippen LogP contribution in [0.1, 0.15) is 21.5 Å². The summed E-state index contributed by atoms with van der Waals surface area (Å²) in [6, 6.07) is 20.9. The van der Waals surface area contributed by atoms with E-state index in [-0.39, 0.29) is 5.75 Å². The van der Waals surface area contributed by atoms with Crippen LogP contribution in [0.15, 0.2) is 73.3 Å². The number of anilines is 1. The van der Waals surface area contributed by atoms with Gasteiger partial charge in [-0.05, 0) is 42.3 Å². The fourth-order valence-corrected chi connectivity index (χ4v) is 2.70. The quantitative estimate of drug-likeness (QED) is 0.628. The second kappa shape index (κ2) is 7.05. The van der Waals surface area contributed by atoms with Gasteiger partial charge in [0.25, 0.3) is 0 Å². The van der Waals surface area contributed by atoms with Crippen LogP contribution in [-0.4, -0.2) is 11.4 Å². The van der Waals surface area contributed by atoms with E-state index in [2.05, 4.69) is 11.9 Å². The molecule has 3 heteroatoms. The van der Waals surface area contributed by atoms with Gasteiger partial charge < -0.3 is 10.4 Å². The Morgan fingerprint density at radius 1 is 1.00 bits per heavy atom. The van der Waals surface area contributed by atoms with Crippen molar-refractivity contribution in [3.63, 3.8) is 0 Å². The first-order valence-electron chi connectivity index (χ1n) is 7.99. The number of aromatic hydroxyl groups is 1. The molecular formula is C22H19NO2. The Kier molecular flexibility index (Phi) is 4.66. The number of carbonyl (C=O) groups is 1. The molecule has 0 fully saturated rings. The third-order valence-electron chi connectivity index (χ3n) is 4.05. The number of hydrogen-bond acceptors (Lipinski definition) is 3. The summed E-state index contributed by atoms with van der Waals surface area (Å²) in [5, 5.41) is 13.2. The van der Waals surface area contributed by atoms with Gasteiger partial charge in [0, 0.05) is 22.5 Å². The average molecular weight is 329 g/mol. The highest BCUT2D eigenvalue weighted by atomic mass is 16.3. The van der Waals surface area contributed by atoms with Crippen molar-refractivity contribution in [3.05, 3.63) is 90.0 Å². The molecule has 0 saturated heterocycles. The molecule has 0 unspecified atom stereocenters. The van der Waals surface area contributed by atoms with Crippen molar-refractivity contribution in [2.24, 2.45) is 0 Å². The maximum absolute atomic E-state index is 11.4. The molecule has 3 aromatic carbocycles. The first kappa shape index (κ1) is 16.5. The van der Waals surface area contributed by atoms with Gasteiger partial charge in [-0.25, -0.2) is 0 Å². The molecule has 0 atom stereocenters. The van der Waals surface area contributed by atoms with Crippen molar-refractivity contribution in [2.45, 2.75) is 6.92 Å². The van der Waals surface area contributed by atoms with Crippen molar-refractivity contribution < 1.29 is 9.90 Å². The van der Waals surface area contributed by atoms with E-state index in [0.29, 0.717) is 22.5 Å². The van der Waals surface area contributed by atoms with Crippen LogP contribution in [0.5, 0.6) is 5.75 Å². The van der Waals surface area contributed by atoms with Gasteiger partial charge in [0.05, 0.1) is 0 Å². The average Bonchev–Trinajstić information content (AvgIpc) is 2.64. The van der Waals surface area contributed by atoms with E-state index in [4.69, 9.17) is 0 Å². The molecule has 124 valence electrons. The highest BCUT2D eigenvalue weighted by Crippen LogP contribution is 2.30. The number of aldehydes is 1. The fraction of sp³-hybridized carbons (Fsp3) is 0.0455. The largest absolute Gasteiger partial charge is 0.507 e. The summed E-state index contributed by atoms with van der Waals surface area (Å²) in [6.07, 6.45) is 0.806. The number of aryl methyl sites for hydroxylation is 1. The van der Waals surface area contributed by atoms with Crippen LogP contribution in [0.3, 0.4) is 0 Å². The number of hydrogen-bond donors (Lipinski definition) is 2. The van der Waals surface area contributed by atoms with Crippen molar-refractivity contribution in [1.29, 1.82) is 0 Å². The fourth-order valence-electron chi connectivity index (χ4n) is 2.70. The molecule has 3 nitrogen and oxygen atoms in total. The number of phenols is 1. The monoisotopic (exact) mass is 329 g/mol. The lowest BCUT2D eigenvalue weighted by atomic mass is 10.0. The number of benzene rings is 3. The summed E-state index contributed by atoms with van der Waals surface area (Å²) >= 11 is 0. The minimum absolute atomic E-state index is 0.148. The molecule has 0 amide bonds. The summed E-state index contributed by atoms with van der Waals surface area (Å²) in [6.45, 7) is 5.96. The van der Waals surface area contributed by atoms with Crippen LogP contribution in [0, 0.1) is 6.92 Å². The van der Waals surface area contributed by atoms with Crippen LogP contribution >= 0.6 is 0 Å². The Morgan fingerprint density at radius 3 is 2.48 bits per heavy atom. The third-order valence-corrected chi connectivity index (χ3v) is 4.05. The lowest BCUT2D eigenvalue weighted by molar-refractivity contribution is 0.112. The predicted molar refractivity (Wildman–Crippen MR) is 103 cm³/mol. The minimum Gasteiger partial charge on any atom is -0.507 e. The van der Waals surface area contributed by atoms with Crippen LogP contribution in [0.4, 0.5) is 5.69 Å².